The van der Waals surface area contributed by atoms with Crippen molar-refractivity contribution in [3.63, 3.8) is 0 Å². The summed E-state index contributed by atoms with van der Waals surface area (Å²) in [6.45, 7) is 7.17. The molecule has 0 saturated carbocycles. The van der Waals surface area contributed by atoms with Crippen molar-refractivity contribution in [2.75, 3.05) is 14.8 Å². The van der Waals surface area contributed by atoms with Crippen molar-refractivity contribution in [2.24, 2.45) is 0 Å². The maximum atomic E-state index is 12.9. The number of rotatable bonds is 4. The molecule has 1 fully saturated rings. The van der Waals surface area contributed by atoms with Crippen molar-refractivity contribution in [3.05, 3.63) is 52.6 Å². The summed E-state index contributed by atoms with van der Waals surface area (Å²) in [6, 6.07) is 7.86. The van der Waals surface area contributed by atoms with Gasteiger partial charge in [-0.05, 0) is 62.6 Å². The fourth-order valence-electron chi connectivity index (χ4n) is 3.46. The van der Waals surface area contributed by atoms with Gasteiger partial charge in [0.15, 0.2) is 0 Å². The van der Waals surface area contributed by atoms with E-state index in [1.807, 2.05) is 32.9 Å². The van der Waals surface area contributed by atoms with Gasteiger partial charge in [0.25, 0.3) is 10.0 Å². The summed E-state index contributed by atoms with van der Waals surface area (Å²) in [6.07, 6.45) is -0.0744. The zero-order chi connectivity index (χ0) is 20.9. The quantitative estimate of drug-likeness (QED) is 0.817. The molecule has 1 saturated heterocycles. The van der Waals surface area contributed by atoms with Gasteiger partial charge < -0.3 is 0 Å². The first-order chi connectivity index (χ1) is 12.9. The highest BCUT2D eigenvalue weighted by molar-refractivity contribution is 7.94. The van der Waals surface area contributed by atoms with Crippen LogP contribution in [0.25, 0.3) is 0 Å². The van der Waals surface area contributed by atoms with Gasteiger partial charge in [-0.25, -0.2) is 21.1 Å². The monoisotopic (exact) mass is 422 g/mol. The van der Waals surface area contributed by atoms with E-state index in [-0.39, 0.29) is 22.8 Å². The molecular formula is C19H22N2O5S2. The highest BCUT2D eigenvalue weighted by Crippen LogP contribution is 2.30. The van der Waals surface area contributed by atoms with Crippen molar-refractivity contribution in [3.8, 4) is 0 Å². The highest BCUT2D eigenvalue weighted by Gasteiger charge is 2.36. The zero-order valence-electron chi connectivity index (χ0n) is 16.1. The summed E-state index contributed by atoms with van der Waals surface area (Å²) in [5, 5.41) is 0. The highest BCUT2D eigenvalue weighted by atomic mass is 32.2. The van der Waals surface area contributed by atoms with Crippen LogP contribution in [0.4, 0.5) is 11.4 Å². The number of carbonyl (C=O) groups is 1. The Hall–Kier alpha value is -2.39. The van der Waals surface area contributed by atoms with E-state index in [4.69, 9.17) is 0 Å². The summed E-state index contributed by atoms with van der Waals surface area (Å²) in [7, 11) is -7.59. The molecular weight excluding hydrogens is 400 g/mol. The third kappa shape index (κ3) is 3.64. The van der Waals surface area contributed by atoms with E-state index in [1.165, 1.54) is 18.2 Å². The standard InChI is InChI=1S/C19H22N2O5S2/c1-12-9-14(3)19(15(4)10-12)20-28(25,26)17-6-5-16(11-13(17)2)21-18(22)7-8-27(21,23)24/h5-6,9-11,20H,7-8H2,1-4H3. The van der Waals surface area contributed by atoms with E-state index in [1.54, 1.807) is 6.92 Å². The molecule has 1 aliphatic rings. The van der Waals surface area contributed by atoms with Crippen molar-refractivity contribution in [1.82, 2.24) is 0 Å². The van der Waals surface area contributed by atoms with E-state index >= 15 is 0 Å². The fourth-order valence-corrected chi connectivity index (χ4v) is 6.34. The van der Waals surface area contributed by atoms with Gasteiger partial charge in [-0.3, -0.25) is 9.52 Å². The normalized spacial score (nSPS) is 16.4. The smallest absolute Gasteiger partial charge is 0.262 e. The number of aryl methyl sites for hydroxylation is 4. The first kappa shape index (κ1) is 20.3. The molecule has 0 aromatic heterocycles. The molecule has 0 atom stereocenters. The Kier molecular flexibility index (Phi) is 5.01. The number of nitrogens with one attached hydrogen (secondary N) is 1. The molecule has 9 heteroatoms. The Labute approximate surface area is 165 Å². The lowest BCUT2D eigenvalue weighted by molar-refractivity contribution is -0.116. The topological polar surface area (TPSA) is 101 Å². The molecule has 1 amide bonds. The molecule has 7 nitrogen and oxygen atoms in total. The number of sulfonamides is 2. The van der Waals surface area contributed by atoms with Crippen LogP contribution in [0.1, 0.15) is 28.7 Å². The zero-order valence-corrected chi connectivity index (χ0v) is 17.7. The third-order valence-corrected chi connectivity index (χ3v) is 7.88. The number of hydrogen-bond donors (Lipinski definition) is 1. The maximum absolute atomic E-state index is 12.9. The molecule has 2 aromatic rings. The number of hydrogen-bond acceptors (Lipinski definition) is 5. The molecule has 1 heterocycles. The number of benzene rings is 2. The van der Waals surface area contributed by atoms with Crippen LogP contribution in [0.3, 0.4) is 0 Å². The predicted molar refractivity (Wildman–Crippen MR) is 109 cm³/mol. The van der Waals surface area contributed by atoms with E-state index in [0.29, 0.717) is 11.3 Å². The van der Waals surface area contributed by atoms with Gasteiger partial charge in [0, 0.05) is 6.42 Å². The van der Waals surface area contributed by atoms with E-state index in [9.17, 15) is 21.6 Å². The number of anilines is 2. The Morgan fingerprint density at radius 1 is 0.964 bits per heavy atom. The average molecular weight is 423 g/mol. The molecule has 0 bridgehead atoms. The molecule has 1 aliphatic heterocycles. The summed E-state index contributed by atoms with van der Waals surface area (Å²) < 4.78 is 53.4. The summed E-state index contributed by atoms with van der Waals surface area (Å²) in [5.41, 5.74) is 3.68. The van der Waals surface area contributed by atoms with Crippen LogP contribution in [0.5, 0.6) is 0 Å². The van der Waals surface area contributed by atoms with Crippen LogP contribution in [-0.2, 0) is 24.8 Å². The maximum Gasteiger partial charge on any atom is 0.262 e. The number of carbonyl (C=O) groups excluding carboxylic acids is 1. The van der Waals surface area contributed by atoms with Crippen LogP contribution in [0.15, 0.2) is 35.2 Å². The molecule has 28 heavy (non-hydrogen) atoms. The molecule has 150 valence electrons. The van der Waals surface area contributed by atoms with Crippen molar-refractivity contribution in [1.29, 1.82) is 0 Å². The van der Waals surface area contributed by atoms with Crippen LogP contribution < -0.4 is 9.03 Å². The number of nitrogens with zero attached hydrogens (tertiary/aromatic N) is 1. The molecule has 0 unspecified atom stereocenters. The minimum atomic E-state index is -3.89. The van der Waals surface area contributed by atoms with Gasteiger partial charge in [0.1, 0.15) is 0 Å². The molecule has 2 aromatic carbocycles. The Morgan fingerprint density at radius 2 is 1.57 bits per heavy atom. The largest absolute Gasteiger partial charge is 0.279 e. The van der Waals surface area contributed by atoms with Gasteiger partial charge in [0.2, 0.25) is 15.9 Å². The van der Waals surface area contributed by atoms with E-state index in [0.717, 1.165) is 21.0 Å². The van der Waals surface area contributed by atoms with Gasteiger partial charge in [0.05, 0.1) is 22.0 Å². The molecule has 0 radical (unpaired) electrons. The van der Waals surface area contributed by atoms with Gasteiger partial charge in [-0.1, -0.05) is 17.7 Å². The van der Waals surface area contributed by atoms with Crippen LogP contribution >= 0.6 is 0 Å². The second-order valence-corrected chi connectivity index (χ2v) is 10.6. The molecule has 0 spiro atoms. The van der Waals surface area contributed by atoms with Crippen molar-refractivity contribution >= 4 is 37.3 Å². The minimum absolute atomic E-state index is 0.0275. The Bertz CT molecular complexity index is 1160. The molecule has 0 aliphatic carbocycles. The first-order valence-corrected chi connectivity index (χ1v) is 11.8. The van der Waals surface area contributed by atoms with E-state index in [2.05, 4.69) is 4.72 Å². The number of amides is 1. The van der Waals surface area contributed by atoms with Gasteiger partial charge >= 0.3 is 0 Å². The predicted octanol–water partition coefficient (Wildman–Crippen LogP) is 2.79. The van der Waals surface area contributed by atoms with Crippen LogP contribution in [-0.4, -0.2) is 28.5 Å². The molecule has 3 rings (SSSR count). The Morgan fingerprint density at radius 3 is 2.07 bits per heavy atom. The van der Waals surface area contributed by atoms with Crippen molar-refractivity contribution < 1.29 is 21.6 Å². The lowest BCUT2D eigenvalue weighted by Crippen LogP contribution is -2.29. The van der Waals surface area contributed by atoms with Crippen molar-refractivity contribution in [2.45, 2.75) is 39.0 Å². The fraction of sp³-hybridized carbons (Fsp3) is 0.316. The molecule has 1 N–H and O–H groups in total. The third-order valence-electron chi connectivity index (χ3n) is 4.67. The van der Waals surface area contributed by atoms with Gasteiger partial charge in [-0.15, -0.1) is 0 Å². The minimum Gasteiger partial charge on any atom is -0.279 e. The first-order valence-electron chi connectivity index (χ1n) is 8.69. The lowest BCUT2D eigenvalue weighted by Gasteiger charge is -2.18. The van der Waals surface area contributed by atoms with Gasteiger partial charge in [-0.2, -0.15) is 0 Å². The van der Waals surface area contributed by atoms with Crippen LogP contribution in [0.2, 0.25) is 0 Å². The summed E-state index contributed by atoms with van der Waals surface area (Å²) in [4.78, 5) is 12.0. The van der Waals surface area contributed by atoms with E-state index < -0.39 is 26.0 Å². The Balaban J connectivity index is 1.99. The average Bonchev–Trinajstić information content (AvgIpc) is 2.83. The second kappa shape index (κ2) is 6.89. The lowest BCUT2D eigenvalue weighted by atomic mass is 10.1. The second-order valence-electron chi connectivity index (χ2n) is 7.05. The SMILES string of the molecule is Cc1cc(C)c(NS(=O)(=O)c2ccc(N3C(=O)CCS3(=O)=O)cc2C)c(C)c1. The summed E-state index contributed by atoms with van der Waals surface area (Å²) >= 11 is 0. The van der Waals surface area contributed by atoms with Crippen LogP contribution in [0, 0.1) is 27.7 Å². The summed E-state index contributed by atoms with van der Waals surface area (Å²) in [5.74, 6) is -0.752.